The Morgan fingerprint density at radius 1 is 1.20 bits per heavy atom. The van der Waals surface area contributed by atoms with Crippen LogP contribution in [0, 0.1) is 5.92 Å². The standard InChI is InChI=1S/C23H26N4O3/c1-27-13-5-6-16(21(27)15-9-11-17(30-2)12-10-15)14-24-23(29)20-18-7-3-4-8-19(18)22(28)26-25-20/h3-4,7-12,16,21H,5-6,13-14H2,1-2H3,(H,24,29)(H,26,28). The molecule has 0 aliphatic carbocycles. The van der Waals surface area contributed by atoms with Gasteiger partial charge in [0.2, 0.25) is 0 Å². The first-order chi connectivity index (χ1) is 14.6. The van der Waals surface area contributed by atoms with Gasteiger partial charge in [0.05, 0.1) is 12.5 Å². The highest BCUT2D eigenvalue weighted by molar-refractivity contribution is 6.04. The Morgan fingerprint density at radius 2 is 1.93 bits per heavy atom. The van der Waals surface area contributed by atoms with Crippen molar-refractivity contribution in [1.29, 1.82) is 0 Å². The average Bonchev–Trinajstić information content (AvgIpc) is 2.78. The molecule has 2 unspecified atom stereocenters. The Kier molecular flexibility index (Phi) is 5.81. The highest BCUT2D eigenvalue weighted by Crippen LogP contribution is 2.35. The van der Waals surface area contributed by atoms with Crippen molar-refractivity contribution in [2.45, 2.75) is 18.9 Å². The van der Waals surface area contributed by atoms with Gasteiger partial charge < -0.3 is 10.1 Å². The van der Waals surface area contributed by atoms with Crippen LogP contribution < -0.4 is 15.6 Å². The van der Waals surface area contributed by atoms with E-state index in [0.29, 0.717) is 17.3 Å². The van der Waals surface area contributed by atoms with Crippen LogP contribution in [0.2, 0.25) is 0 Å². The number of likely N-dealkylation sites (tertiary alicyclic amines) is 1. The summed E-state index contributed by atoms with van der Waals surface area (Å²) >= 11 is 0. The molecule has 7 heteroatoms. The van der Waals surface area contributed by atoms with Crippen LogP contribution in [-0.4, -0.2) is 48.3 Å². The monoisotopic (exact) mass is 406 g/mol. The molecule has 4 rings (SSSR count). The molecule has 3 aromatic rings. The number of amides is 1. The molecular formula is C23H26N4O3. The van der Waals surface area contributed by atoms with Gasteiger partial charge in [0.25, 0.3) is 11.5 Å². The fraction of sp³-hybridized carbons (Fsp3) is 0.348. The summed E-state index contributed by atoms with van der Waals surface area (Å²) in [6, 6.07) is 15.4. The second kappa shape index (κ2) is 8.67. The van der Waals surface area contributed by atoms with E-state index >= 15 is 0 Å². The SMILES string of the molecule is COc1ccc(C2C(CNC(=O)c3n[nH]c(=O)c4ccccc34)CCCN2C)cc1. The Hall–Kier alpha value is -3.19. The summed E-state index contributed by atoms with van der Waals surface area (Å²) in [6.07, 6.45) is 2.12. The van der Waals surface area contributed by atoms with Gasteiger partial charge in [-0.15, -0.1) is 0 Å². The topological polar surface area (TPSA) is 87.3 Å². The number of carbonyl (C=O) groups is 1. The lowest BCUT2D eigenvalue weighted by atomic mass is 9.85. The highest BCUT2D eigenvalue weighted by Gasteiger charge is 2.31. The number of rotatable bonds is 5. The van der Waals surface area contributed by atoms with E-state index in [1.807, 2.05) is 12.1 Å². The third kappa shape index (κ3) is 3.93. The van der Waals surface area contributed by atoms with Gasteiger partial charge in [-0.2, -0.15) is 5.10 Å². The molecule has 2 heterocycles. The first-order valence-electron chi connectivity index (χ1n) is 10.2. The number of carbonyl (C=O) groups excluding carboxylic acids is 1. The number of hydrogen-bond acceptors (Lipinski definition) is 5. The minimum Gasteiger partial charge on any atom is -0.497 e. The predicted octanol–water partition coefficient (Wildman–Crippen LogP) is 2.74. The van der Waals surface area contributed by atoms with Crippen LogP contribution >= 0.6 is 0 Å². The molecule has 1 fully saturated rings. The zero-order valence-corrected chi connectivity index (χ0v) is 17.2. The van der Waals surface area contributed by atoms with Gasteiger partial charge in [0.1, 0.15) is 5.75 Å². The smallest absolute Gasteiger partial charge is 0.272 e. The number of fused-ring (bicyclic) bond motifs is 1. The first-order valence-corrected chi connectivity index (χ1v) is 10.2. The lowest BCUT2D eigenvalue weighted by Crippen LogP contribution is -2.42. The number of nitrogens with one attached hydrogen (secondary N) is 2. The molecule has 30 heavy (non-hydrogen) atoms. The van der Waals surface area contributed by atoms with E-state index < -0.39 is 0 Å². The Morgan fingerprint density at radius 3 is 2.67 bits per heavy atom. The summed E-state index contributed by atoms with van der Waals surface area (Å²) in [5.74, 6) is 0.831. The molecule has 2 aromatic carbocycles. The zero-order chi connectivity index (χ0) is 21.1. The molecular weight excluding hydrogens is 380 g/mol. The average molecular weight is 406 g/mol. The van der Waals surface area contributed by atoms with Gasteiger partial charge in [-0.25, -0.2) is 5.10 Å². The van der Waals surface area contributed by atoms with Crippen molar-refractivity contribution in [3.05, 3.63) is 70.1 Å². The fourth-order valence-electron chi connectivity index (χ4n) is 4.40. The van der Waals surface area contributed by atoms with Gasteiger partial charge >= 0.3 is 0 Å². The minimum atomic E-state index is -0.296. The number of H-pyrrole nitrogens is 1. The van der Waals surface area contributed by atoms with Gasteiger partial charge in [-0.05, 0) is 56.1 Å². The molecule has 7 nitrogen and oxygen atoms in total. The van der Waals surface area contributed by atoms with E-state index in [9.17, 15) is 9.59 Å². The van der Waals surface area contributed by atoms with E-state index in [1.54, 1.807) is 31.4 Å². The van der Waals surface area contributed by atoms with Crippen LogP contribution in [0.25, 0.3) is 10.8 Å². The molecule has 2 atom stereocenters. The van der Waals surface area contributed by atoms with E-state index in [4.69, 9.17) is 4.74 Å². The zero-order valence-electron chi connectivity index (χ0n) is 17.2. The van der Waals surface area contributed by atoms with Crippen molar-refractivity contribution in [3.63, 3.8) is 0 Å². The maximum Gasteiger partial charge on any atom is 0.272 e. The van der Waals surface area contributed by atoms with Crippen molar-refractivity contribution in [1.82, 2.24) is 20.4 Å². The summed E-state index contributed by atoms with van der Waals surface area (Å²) < 4.78 is 5.28. The molecule has 1 aliphatic rings. The van der Waals surface area contributed by atoms with Crippen LogP contribution in [0.3, 0.4) is 0 Å². The molecule has 1 aliphatic heterocycles. The normalized spacial score (nSPS) is 19.5. The molecule has 0 radical (unpaired) electrons. The quantitative estimate of drug-likeness (QED) is 0.680. The second-order valence-corrected chi connectivity index (χ2v) is 7.76. The molecule has 0 bridgehead atoms. The molecule has 1 aromatic heterocycles. The molecule has 2 N–H and O–H groups in total. The van der Waals surface area contributed by atoms with E-state index in [-0.39, 0.29) is 29.1 Å². The first kappa shape index (κ1) is 20.1. The third-order valence-electron chi connectivity index (χ3n) is 5.90. The number of benzene rings is 2. The Labute approximate surface area is 175 Å². The van der Waals surface area contributed by atoms with Crippen molar-refractivity contribution in [2.24, 2.45) is 5.92 Å². The van der Waals surface area contributed by atoms with Crippen molar-refractivity contribution < 1.29 is 9.53 Å². The highest BCUT2D eigenvalue weighted by atomic mass is 16.5. The van der Waals surface area contributed by atoms with E-state index in [2.05, 4.69) is 39.6 Å². The Balaban J connectivity index is 1.53. The maximum absolute atomic E-state index is 12.9. The van der Waals surface area contributed by atoms with Crippen LogP contribution in [0.4, 0.5) is 0 Å². The number of nitrogens with zero attached hydrogens (tertiary/aromatic N) is 2. The summed E-state index contributed by atoms with van der Waals surface area (Å²) in [4.78, 5) is 27.2. The molecule has 0 spiro atoms. The number of ether oxygens (including phenoxy) is 1. The predicted molar refractivity (Wildman–Crippen MR) is 116 cm³/mol. The number of aromatic nitrogens is 2. The maximum atomic E-state index is 12.9. The van der Waals surface area contributed by atoms with Gasteiger partial charge in [0, 0.05) is 18.0 Å². The number of piperidine rings is 1. The number of hydrogen-bond donors (Lipinski definition) is 2. The summed E-state index contributed by atoms with van der Waals surface area (Å²) in [5.41, 5.74) is 1.16. The Bertz CT molecular complexity index is 1090. The number of aromatic amines is 1. The van der Waals surface area contributed by atoms with Crippen molar-refractivity contribution in [2.75, 3.05) is 27.2 Å². The van der Waals surface area contributed by atoms with Gasteiger partial charge in [-0.1, -0.05) is 30.3 Å². The summed E-state index contributed by atoms with van der Waals surface area (Å²) in [6.45, 7) is 1.56. The second-order valence-electron chi connectivity index (χ2n) is 7.76. The van der Waals surface area contributed by atoms with Crippen LogP contribution in [0.15, 0.2) is 53.3 Å². The van der Waals surface area contributed by atoms with Crippen LogP contribution in [0.5, 0.6) is 5.75 Å². The molecule has 156 valence electrons. The van der Waals surface area contributed by atoms with Crippen molar-refractivity contribution >= 4 is 16.7 Å². The molecule has 1 amide bonds. The van der Waals surface area contributed by atoms with Crippen LogP contribution in [0.1, 0.15) is 34.9 Å². The number of methoxy groups -OCH3 is 1. The van der Waals surface area contributed by atoms with Crippen molar-refractivity contribution in [3.8, 4) is 5.75 Å². The lowest BCUT2D eigenvalue weighted by molar-refractivity contribution is 0.0887. The van der Waals surface area contributed by atoms with Crippen LogP contribution in [-0.2, 0) is 0 Å². The summed E-state index contributed by atoms with van der Waals surface area (Å²) in [7, 11) is 3.79. The molecule has 0 saturated carbocycles. The van der Waals surface area contributed by atoms with Gasteiger partial charge in [0.15, 0.2) is 5.69 Å². The third-order valence-corrected chi connectivity index (χ3v) is 5.90. The molecule has 1 saturated heterocycles. The minimum absolute atomic E-state index is 0.213. The van der Waals surface area contributed by atoms with Gasteiger partial charge in [-0.3, -0.25) is 14.5 Å². The fourth-order valence-corrected chi connectivity index (χ4v) is 4.40. The lowest BCUT2D eigenvalue weighted by Gasteiger charge is -2.39. The van der Waals surface area contributed by atoms with E-state index in [0.717, 1.165) is 25.1 Å². The summed E-state index contributed by atoms with van der Waals surface area (Å²) in [5, 5.41) is 10.5. The van der Waals surface area contributed by atoms with E-state index in [1.165, 1.54) is 5.56 Å². The largest absolute Gasteiger partial charge is 0.497 e.